The number of fused-ring (bicyclic) bond motifs is 1. The number of H-pyrrole nitrogens is 1. The zero-order valence-corrected chi connectivity index (χ0v) is 13.4. The molecule has 1 saturated heterocycles. The van der Waals surface area contributed by atoms with Crippen LogP contribution >= 0.6 is 15.9 Å². The lowest BCUT2D eigenvalue weighted by molar-refractivity contribution is 0.388. The summed E-state index contributed by atoms with van der Waals surface area (Å²) in [6.45, 7) is 2.41. The van der Waals surface area contributed by atoms with E-state index in [1.54, 1.807) is 6.20 Å². The molecule has 1 aliphatic rings. The Hall–Kier alpha value is -1.12. The van der Waals surface area contributed by atoms with E-state index in [4.69, 9.17) is 0 Å². The van der Waals surface area contributed by atoms with Crippen LogP contribution in [0, 0.1) is 0 Å². The third-order valence-corrected chi connectivity index (χ3v) is 5.31. The van der Waals surface area contributed by atoms with Crippen LogP contribution in [0.15, 0.2) is 22.8 Å². The van der Waals surface area contributed by atoms with Gasteiger partial charge >= 0.3 is 0 Å². The quantitative estimate of drug-likeness (QED) is 0.880. The van der Waals surface area contributed by atoms with Crippen molar-refractivity contribution >= 4 is 42.5 Å². The number of nitrogens with one attached hydrogen (secondary N) is 1. The number of nitrogens with zero attached hydrogens (tertiary/aromatic N) is 3. The lowest BCUT2D eigenvalue weighted by Crippen LogP contribution is -2.48. The van der Waals surface area contributed by atoms with Crippen molar-refractivity contribution in [3.63, 3.8) is 0 Å². The summed E-state index contributed by atoms with van der Waals surface area (Å²) in [7, 11) is -3.09. The average molecular weight is 359 g/mol. The molecular formula is C12H15BrN4O2S. The number of halogens is 1. The summed E-state index contributed by atoms with van der Waals surface area (Å²) in [5, 5.41) is 8.09. The van der Waals surface area contributed by atoms with Gasteiger partial charge in [-0.25, -0.2) is 8.42 Å². The molecule has 3 rings (SSSR count). The van der Waals surface area contributed by atoms with Gasteiger partial charge in [0.2, 0.25) is 10.0 Å². The number of rotatable bonds is 2. The smallest absolute Gasteiger partial charge is 0.211 e. The van der Waals surface area contributed by atoms with Crippen molar-refractivity contribution in [1.29, 1.82) is 0 Å². The minimum absolute atomic E-state index is 0.519. The van der Waals surface area contributed by atoms with Crippen LogP contribution in [0.3, 0.4) is 0 Å². The van der Waals surface area contributed by atoms with Gasteiger partial charge in [0.25, 0.3) is 0 Å². The minimum Gasteiger partial charge on any atom is -0.368 e. The topological polar surface area (TPSA) is 69.3 Å². The van der Waals surface area contributed by atoms with Crippen LogP contribution in [-0.2, 0) is 10.0 Å². The number of aromatic nitrogens is 2. The predicted molar refractivity (Wildman–Crippen MR) is 82.4 cm³/mol. The first-order chi connectivity index (χ1) is 9.45. The molecule has 0 aliphatic carbocycles. The molecule has 0 bridgehead atoms. The summed E-state index contributed by atoms with van der Waals surface area (Å²) in [6, 6.07) is 4.03. The summed E-state index contributed by atoms with van der Waals surface area (Å²) in [5.74, 6) is 0. The number of hydrogen-bond acceptors (Lipinski definition) is 4. The lowest BCUT2D eigenvalue weighted by Gasteiger charge is -2.35. The number of piperazine rings is 1. The van der Waals surface area contributed by atoms with E-state index in [0.29, 0.717) is 26.2 Å². The second-order valence-corrected chi connectivity index (χ2v) is 7.80. The number of aromatic amines is 1. The summed E-state index contributed by atoms with van der Waals surface area (Å²) in [4.78, 5) is 2.20. The number of hydrogen-bond donors (Lipinski definition) is 1. The molecule has 0 radical (unpaired) electrons. The highest BCUT2D eigenvalue weighted by molar-refractivity contribution is 9.10. The van der Waals surface area contributed by atoms with Crippen molar-refractivity contribution in [3.05, 3.63) is 22.8 Å². The summed E-state index contributed by atoms with van der Waals surface area (Å²) >= 11 is 3.50. The van der Waals surface area contributed by atoms with Gasteiger partial charge in [-0.15, -0.1) is 0 Å². The molecule has 0 unspecified atom stereocenters. The fourth-order valence-electron chi connectivity index (χ4n) is 2.52. The maximum Gasteiger partial charge on any atom is 0.211 e. The molecule has 1 fully saturated rings. The zero-order valence-electron chi connectivity index (χ0n) is 11.0. The summed E-state index contributed by atoms with van der Waals surface area (Å²) in [6.07, 6.45) is 3.07. The third-order valence-electron chi connectivity index (χ3n) is 3.55. The largest absolute Gasteiger partial charge is 0.368 e. The van der Waals surface area contributed by atoms with Gasteiger partial charge in [0.15, 0.2) is 0 Å². The van der Waals surface area contributed by atoms with Crippen LogP contribution in [0.25, 0.3) is 10.9 Å². The number of sulfonamides is 1. The van der Waals surface area contributed by atoms with Crippen LogP contribution in [0.1, 0.15) is 0 Å². The maximum atomic E-state index is 11.5. The fraction of sp³-hybridized carbons (Fsp3) is 0.417. The van der Waals surface area contributed by atoms with Gasteiger partial charge in [-0.2, -0.15) is 9.40 Å². The van der Waals surface area contributed by atoms with Crippen LogP contribution in [0.5, 0.6) is 0 Å². The van der Waals surface area contributed by atoms with E-state index < -0.39 is 10.0 Å². The van der Waals surface area contributed by atoms with E-state index in [1.807, 2.05) is 12.1 Å². The molecule has 108 valence electrons. The molecule has 1 aromatic heterocycles. The molecule has 0 saturated carbocycles. The Morgan fingerprint density at radius 1 is 1.25 bits per heavy atom. The molecule has 2 aromatic rings. The van der Waals surface area contributed by atoms with Gasteiger partial charge in [-0.1, -0.05) is 15.9 Å². The van der Waals surface area contributed by atoms with Gasteiger partial charge in [-0.05, 0) is 12.1 Å². The average Bonchev–Trinajstić information content (AvgIpc) is 2.85. The SMILES string of the molecule is CS(=O)(=O)N1CCN(c2cc(Br)cc3[nH]ncc23)CC1. The van der Waals surface area contributed by atoms with Crippen LogP contribution in [0.4, 0.5) is 5.69 Å². The molecule has 1 N–H and O–H groups in total. The summed E-state index contributed by atoms with van der Waals surface area (Å²) < 4.78 is 25.6. The van der Waals surface area contributed by atoms with E-state index in [-0.39, 0.29) is 0 Å². The Kier molecular flexibility index (Phi) is 3.47. The van der Waals surface area contributed by atoms with Gasteiger partial charge in [-0.3, -0.25) is 5.10 Å². The first kappa shape index (κ1) is 13.8. The molecule has 8 heteroatoms. The van der Waals surface area contributed by atoms with Crippen molar-refractivity contribution in [2.45, 2.75) is 0 Å². The second kappa shape index (κ2) is 5.01. The predicted octanol–water partition coefficient (Wildman–Crippen LogP) is 1.41. The summed E-state index contributed by atoms with van der Waals surface area (Å²) in [5.41, 5.74) is 2.05. The van der Waals surface area contributed by atoms with Crippen molar-refractivity contribution in [3.8, 4) is 0 Å². The van der Waals surface area contributed by atoms with E-state index >= 15 is 0 Å². The van der Waals surface area contributed by atoms with Gasteiger partial charge < -0.3 is 4.90 Å². The Labute approximate surface area is 125 Å². The van der Waals surface area contributed by atoms with Gasteiger partial charge in [0.1, 0.15) is 0 Å². The van der Waals surface area contributed by atoms with E-state index in [0.717, 1.165) is 21.1 Å². The van der Waals surface area contributed by atoms with E-state index in [9.17, 15) is 8.42 Å². The monoisotopic (exact) mass is 358 g/mol. The highest BCUT2D eigenvalue weighted by atomic mass is 79.9. The van der Waals surface area contributed by atoms with Gasteiger partial charge in [0.05, 0.1) is 18.0 Å². The van der Waals surface area contributed by atoms with Crippen LogP contribution in [-0.4, -0.2) is 55.4 Å². The molecule has 0 atom stereocenters. The molecule has 1 aliphatic heterocycles. The Bertz CT molecular complexity index is 735. The van der Waals surface area contributed by atoms with Crippen molar-refractivity contribution in [2.75, 3.05) is 37.3 Å². The second-order valence-electron chi connectivity index (χ2n) is 4.91. The highest BCUT2D eigenvalue weighted by Crippen LogP contribution is 2.30. The fourth-order valence-corrected chi connectivity index (χ4v) is 3.79. The van der Waals surface area contributed by atoms with Crippen molar-refractivity contribution < 1.29 is 8.42 Å². The first-order valence-corrected chi connectivity index (χ1v) is 8.92. The Balaban J connectivity index is 1.89. The van der Waals surface area contributed by atoms with E-state index in [1.165, 1.54) is 10.6 Å². The first-order valence-electron chi connectivity index (χ1n) is 6.28. The van der Waals surface area contributed by atoms with Crippen molar-refractivity contribution in [2.24, 2.45) is 0 Å². The van der Waals surface area contributed by atoms with Crippen molar-refractivity contribution in [1.82, 2.24) is 14.5 Å². The maximum absolute atomic E-state index is 11.5. The molecule has 0 spiro atoms. The molecule has 1 aromatic carbocycles. The molecule has 0 amide bonds. The van der Waals surface area contributed by atoms with Crippen LogP contribution in [0.2, 0.25) is 0 Å². The van der Waals surface area contributed by atoms with E-state index in [2.05, 4.69) is 31.0 Å². The molecule has 6 nitrogen and oxygen atoms in total. The lowest BCUT2D eigenvalue weighted by atomic mass is 10.2. The third kappa shape index (κ3) is 2.55. The molecule has 20 heavy (non-hydrogen) atoms. The normalized spacial score (nSPS) is 17.8. The number of benzene rings is 1. The zero-order chi connectivity index (χ0) is 14.3. The standard InChI is InChI=1S/C12H15BrN4O2S/c1-20(18,19)17-4-2-16(3-5-17)12-7-9(13)6-11-10(12)8-14-15-11/h6-8H,2-5H2,1H3,(H,14,15). The van der Waals surface area contributed by atoms with Gasteiger partial charge in [0, 0.05) is 41.7 Å². The number of anilines is 1. The van der Waals surface area contributed by atoms with Crippen LogP contribution < -0.4 is 4.90 Å². The minimum atomic E-state index is -3.09. The molecular weight excluding hydrogens is 344 g/mol. The Morgan fingerprint density at radius 2 is 1.95 bits per heavy atom. The molecule has 2 heterocycles. The highest BCUT2D eigenvalue weighted by Gasteiger charge is 2.24. The Morgan fingerprint density at radius 3 is 2.60 bits per heavy atom.